The minimum absolute atomic E-state index is 0.141. The molecule has 0 fully saturated rings. The molecule has 0 amide bonds. The van der Waals surface area contributed by atoms with Gasteiger partial charge < -0.3 is 15.3 Å². The number of carboxylic acids is 1. The SMILES string of the molecule is C[C@H]1C=CC2=C[C@@H](O)C[C@H](O)[C@@H]2[C@H]1CCCCCCC(=O)O. The maximum absolute atomic E-state index is 10.5. The van der Waals surface area contributed by atoms with E-state index in [1.807, 2.05) is 6.08 Å². The van der Waals surface area contributed by atoms with Gasteiger partial charge in [-0.2, -0.15) is 0 Å². The summed E-state index contributed by atoms with van der Waals surface area (Å²) in [5, 5.41) is 28.8. The van der Waals surface area contributed by atoms with Crippen molar-refractivity contribution < 1.29 is 20.1 Å². The summed E-state index contributed by atoms with van der Waals surface area (Å²) >= 11 is 0. The molecule has 5 atom stereocenters. The fourth-order valence-corrected chi connectivity index (χ4v) is 3.90. The van der Waals surface area contributed by atoms with Crippen LogP contribution in [0.3, 0.4) is 0 Å². The molecular formula is C18H28O4. The summed E-state index contributed by atoms with van der Waals surface area (Å²) in [6, 6.07) is 0. The molecule has 0 unspecified atom stereocenters. The van der Waals surface area contributed by atoms with Crippen LogP contribution in [0.15, 0.2) is 23.8 Å². The molecule has 4 nitrogen and oxygen atoms in total. The third kappa shape index (κ3) is 4.43. The largest absolute Gasteiger partial charge is 0.481 e. The number of unbranched alkanes of at least 4 members (excludes halogenated alkanes) is 3. The van der Waals surface area contributed by atoms with E-state index in [0.29, 0.717) is 18.3 Å². The van der Waals surface area contributed by atoms with E-state index in [4.69, 9.17) is 5.11 Å². The molecule has 0 bridgehead atoms. The molecule has 0 saturated carbocycles. The molecule has 2 aliphatic carbocycles. The number of hydrogen-bond donors (Lipinski definition) is 3. The number of fused-ring (bicyclic) bond motifs is 1. The number of rotatable bonds is 7. The highest BCUT2D eigenvalue weighted by molar-refractivity contribution is 5.66. The van der Waals surface area contributed by atoms with Crippen LogP contribution >= 0.6 is 0 Å². The standard InChI is InChI=1S/C18H28O4/c1-12-8-9-13-10-14(19)11-16(20)18(13)15(12)6-4-2-3-5-7-17(21)22/h8-10,12,14-16,18-20H,2-7,11H2,1H3,(H,21,22)/t12-,14+,15-,16-,18-/m0/s1. The van der Waals surface area contributed by atoms with Crippen LogP contribution in [0, 0.1) is 17.8 Å². The number of aliphatic hydroxyl groups excluding tert-OH is 2. The quantitative estimate of drug-likeness (QED) is 0.632. The number of allylic oxidation sites excluding steroid dienone is 2. The van der Waals surface area contributed by atoms with Crippen LogP contribution in [0.4, 0.5) is 0 Å². The van der Waals surface area contributed by atoms with E-state index in [0.717, 1.165) is 37.7 Å². The fourth-order valence-electron chi connectivity index (χ4n) is 3.90. The number of carboxylic acid groups (broad SMARTS) is 1. The van der Waals surface area contributed by atoms with Crippen LogP contribution in [0.25, 0.3) is 0 Å². The average Bonchev–Trinajstić information content (AvgIpc) is 2.44. The van der Waals surface area contributed by atoms with Gasteiger partial charge in [0, 0.05) is 18.8 Å². The molecule has 22 heavy (non-hydrogen) atoms. The Hall–Kier alpha value is -1.13. The van der Waals surface area contributed by atoms with Crippen LogP contribution in [0.5, 0.6) is 0 Å². The van der Waals surface area contributed by atoms with Crippen LogP contribution in [-0.4, -0.2) is 33.5 Å². The highest BCUT2D eigenvalue weighted by atomic mass is 16.4. The molecule has 0 spiro atoms. The number of aliphatic carboxylic acids is 1. The summed E-state index contributed by atoms with van der Waals surface area (Å²) in [6.07, 6.45) is 10.7. The lowest BCUT2D eigenvalue weighted by Crippen LogP contribution is -2.39. The summed E-state index contributed by atoms with van der Waals surface area (Å²) in [5.41, 5.74) is 1.08. The minimum Gasteiger partial charge on any atom is -0.481 e. The third-order valence-electron chi connectivity index (χ3n) is 5.07. The van der Waals surface area contributed by atoms with Crippen molar-refractivity contribution in [2.75, 3.05) is 0 Å². The van der Waals surface area contributed by atoms with Gasteiger partial charge in [0.2, 0.25) is 0 Å². The van der Waals surface area contributed by atoms with E-state index in [9.17, 15) is 15.0 Å². The zero-order valence-electron chi connectivity index (χ0n) is 13.3. The van der Waals surface area contributed by atoms with Gasteiger partial charge in [0.15, 0.2) is 0 Å². The van der Waals surface area contributed by atoms with Gasteiger partial charge in [-0.3, -0.25) is 4.79 Å². The Labute approximate surface area is 132 Å². The highest BCUT2D eigenvalue weighted by Crippen LogP contribution is 2.42. The topological polar surface area (TPSA) is 77.8 Å². The van der Waals surface area contributed by atoms with Crippen molar-refractivity contribution >= 4 is 5.97 Å². The number of hydrogen-bond acceptors (Lipinski definition) is 3. The van der Waals surface area contributed by atoms with Crippen LogP contribution in [0.2, 0.25) is 0 Å². The van der Waals surface area contributed by atoms with Gasteiger partial charge in [0.25, 0.3) is 0 Å². The Kier molecular flexibility index (Phi) is 6.21. The Bertz CT molecular complexity index is 440. The van der Waals surface area contributed by atoms with Crippen molar-refractivity contribution in [3.63, 3.8) is 0 Å². The fraction of sp³-hybridized carbons (Fsp3) is 0.722. The van der Waals surface area contributed by atoms with Crippen molar-refractivity contribution in [1.82, 2.24) is 0 Å². The molecule has 0 saturated heterocycles. The maximum atomic E-state index is 10.5. The molecule has 0 aromatic carbocycles. The van der Waals surface area contributed by atoms with Crippen molar-refractivity contribution in [2.24, 2.45) is 17.8 Å². The molecule has 0 aromatic rings. The Morgan fingerprint density at radius 2 is 1.95 bits per heavy atom. The summed E-state index contributed by atoms with van der Waals surface area (Å²) in [4.78, 5) is 10.5. The predicted molar refractivity (Wildman–Crippen MR) is 85.3 cm³/mol. The van der Waals surface area contributed by atoms with Crippen LogP contribution in [-0.2, 0) is 4.79 Å². The summed E-state index contributed by atoms with van der Waals surface area (Å²) in [6.45, 7) is 2.19. The molecule has 3 N–H and O–H groups in total. The first-order valence-corrected chi connectivity index (χ1v) is 8.47. The van der Waals surface area contributed by atoms with Crippen molar-refractivity contribution in [3.05, 3.63) is 23.8 Å². The first-order valence-electron chi connectivity index (χ1n) is 8.47. The molecule has 0 heterocycles. The maximum Gasteiger partial charge on any atom is 0.303 e. The molecule has 2 rings (SSSR count). The van der Waals surface area contributed by atoms with E-state index in [1.54, 1.807) is 0 Å². The summed E-state index contributed by atoms with van der Waals surface area (Å²) in [5.74, 6) is 0.274. The van der Waals surface area contributed by atoms with Crippen LogP contribution < -0.4 is 0 Å². The highest BCUT2D eigenvalue weighted by Gasteiger charge is 2.38. The van der Waals surface area contributed by atoms with Crippen molar-refractivity contribution in [3.8, 4) is 0 Å². The van der Waals surface area contributed by atoms with E-state index in [1.165, 1.54) is 0 Å². The van der Waals surface area contributed by atoms with Crippen LogP contribution in [0.1, 0.15) is 51.9 Å². The summed E-state index contributed by atoms with van der Waals surface area (Å²) < 4.78 is 0. The van der Waals surface area contributed by atoms with E-state index < -0.39 is 18.2 Å². The molecule has 0 radical (unpaired) electrons. The second-order valence-electron chi connectivity index (χ2n) is 6.79. The molecule has 0 aromatic heterocycles. The predicted octanol–water partition coefficient (Wildman–Crippen LogP) is 2.90. The third-order valence-corrected chi connectivity index (χ3v) is 5.07. The van der Waals surface area contributed by atoms with Gasteiger partial charge in [-0.25, -0.2) is 0 Å². The Morgan fingerprint density at radius 1 is 1.23 bits per heavy atom. The summed E-state index contributed by atoms with van der Waals surface area (Å²) in [7, 11) is 0. The van der Waals surface area contributed by atoms with E-state index >= 15 is 0 Å². The van der Waals surface area contributed by atoms with Gasteiger partial charge in [0.05, 0.1) is 12.2 Å². The van der Waals surface area contributed by atoms with Gasteiger partial charge in [-0.15, -0.1) is 0 Å². The van der Waals surface area contributed by atoms with E-state index in [-0.39, 0.29) is 12.3 Å². The second-order valence-corrected chi connectivity index (χ2v) is 6.79. The molecule has 2 aliphatic rings. The average molecular weight is 308 g/mol. The lowest BCUT2D eigenvalue weighted by atomic mass is 9.66. The van der Waals surface area contributed by atoms with Gasteiger partial charge in [-0.1, -0.05) is 44.4 Å². The Morgan fingerprint density at radius 3 is 2.68 bits per heavy atom. The molecule has 0 aliphatic heterocycles. The van der Waals surface area contributed by atoms with E-state index in [2.05, 4.69) is 19.1 Å². The molecule has 124 valence electrons. The normalized spacial score (nSPS) is 34.1. The second kappa shape index (κ2) is 7.93. The number of carbonyl (C=O) groups is 1. The smallest absolute Gasteiger partial charge is 0.303 e. The first kappa shape index (κ1) is 17.2. The lowest BCUT2D eigenvalue weighted by molar-refractivity contribution is -0.137. The van der Waals surface area contributed by atoms with Gasteiger partial charge in [0.1, 0.15) is 0 Å². The first-order chi connectivity index (χ1) is 10.5. The zero-order chi connectivity index (χ0) is 16.1. The monoisotopic (exact) mass is 308 g/mol. The van der Waals surface area contributed by atoms with Crippen molar-refractivity contribution in [2.45, 2.75) is 64.1 Å². The Balaban J connectivity index is 1.85. The van der Waals surface area contributed by atoms with Gasteiger partial charge in [-0.05, 0) is 30.3 Å². The number of aliphatic hydroxyl groups is 2. The van der Waals surface area contributed by atoms with Crippen molar-refractivity contribution in [1.29, 1.82) is 0 Å². The molecule has 4 heteroatoms. The molecular weight excluding hydrogens is 280 g/mol. The van der Waals surface area contributed by atoms with Gasteiger partial charge >= 0.3 is 5.97 Å². The zero-order valence-corrected chi connectivity index (χ0v) is 13.3. The lowest BCUT2D eigenvalue weighted by Gasteiger charge is -2.41. The minimum atomic E-state index is -0.718.